The van der Waals surface area contributed by atoms with E-state index >= 15 is 0 Å². The molecule has 136 valence electrons. The first-order valence-electron chi connectivity index (χ1n) is 8.14. The number of ether oxygens (including phenoxy) is 2. The molecule has 0 amide bonds. The minimum atomic E-state index is 0. The predicted octanol–water partition coefficient (Wildman–Crippen LogP) is 1.47. The van der Waals surface area contributed by atoms with Crippen molar-refractivity contribution < 1.29 is 9.47 Å². The zero-order valence-electron chi connectivity index (χ0n) is 14.8. The second-order valence-corrected chi connectivity index (χ2v) is 5.51. The van der Waals surface area contributed by atoms with Crippen molar-refractivity contribution in [3.05, 3.63) is 11.6 Å². The maximum absolute atomic E-state index is 5.31. The minimum absolute atomic E-state index is 0. The number of methoxy groups -OCH3 is 1. The molecule has 0 atom stereocenters. The standard InChI is InChI=1S/C16H32N4O2.HI/c1-17-16(18-8-5-15-6-13-22-14-7-15)19-9-11-20(2)10-4-12-21-3;/h6H,4-5,7-14H2,1-3H3,(H2,17,18,19);1H. The fraction of sp³-hybridized carbons (Fsp3) is 0.812. The Balaban J connectivity index is 0.00000484. The number of nitrogens with zero attached hydrogens (tertiary/aromatic N) is 2. The summed E-state index contributed by atoms with van der Waals surface area (Å²) in [5.41, 5.74) is 1.48. The first-order chi connectivity index (χ1) is 10.8. The average Bonchev–Trinajstić information content (AvgIpc) is 2.54. The number of halogens is 1. The van der Waals surface area contributed by atoms with Crippen LogP contribution in [0.3, 0.4) is 0 Å². The SMILES string of the molecule is CN=C(NCCC1=CCOCC1)NCCN(C)CCCOC.I. The molecule has 2 N–H and O–H groups in total. The lowest BCUT2D eigenvalue weighted by atomic mass is 10.1. The van der Waals surface area contributed by atoms with Gasteiger partial charge in [0.25, 0.3) is 0 Å². The molecule has 0 unspecified atom stereocenters. The molecule has 1 aliphatic heterocycles. The maximum Gasteiger partial charge on any atom is 0.191 e. The van der Waals surface area contributed by atoms with Crippen LogP contribution in [0.4, 0.5) is 0 Å². The van der Waals surface area contributed by atoms with Gasteiger partial charge in [0, 0.05) is 46.9 Å². The first-order valence-corrected chi connectivity index (χ1v) is 8.14. The summed E-state index contributed by atoms with van der Waals surface area (Å²) >= 11 is 0. The van der Waals surface area contributed by atoms with Crippen molar-refractivity contribution >= 4 is 29.9 Å². The topological polar surface area (TPSA) is 58.1 Å². The molecule has 0 aromatic carbocycles. The summed E-state index contributed by atoms with van der Waals surface area (Å²) in [4.78, 5) is 6.55. The minimum Gasteiger partial charge on any atom is -0.385 e. The molecule has 1 aliphatic rings. The summed E-state index contributed by atoms with van der Waals surface area (Å²) < 4.78 is 10.4. The van der Waals surface area contributed by atoms with Crippen LogP contribution in [0, 0.1) is 0 Å². The van der Waals surface area contributed by atoms with Gasteiger partial charge in [-0.15, -0.1) is 24.0 Å². The van der Waals surface area contributed by atoms with Crippen molar-refractivity contribution in [3.63, 3.8) is 0 Å². The third-order valence-corrected chi connectivity index (χ3v) is 3.69. The molecular formula is C16H33IN4O2. The van der Waals surface area contributed by atoms with Crippen LogP contribution >= 0.6 is 24.0 Å². The molecule has 1 heterocycles. The van der Waals surface area contributed by atoms with E-state index in [1.807, 2.05) is 7.05 Å². The van der Waals surface area contributed by atoms with Gasteiger partial charge in [-0.25, -0.2) is 0 Å². The van der Waals surface area contributed by atoms with Gasteiger partial charge in [0.05, 0.1) is 13.2 Å². The molecule has 0 aromatic heterocycles. The Morgan fingerprint density at radius 1 is 1.35 bits per heavy atom. The quantitative estimate of drug-likeness (QED) is 0.177. The van der Waals surface area contributed by atoms with Crippen molar-refractivity contribution in [2.45, 2.75) is 19.3 Å². The molecule has 7 heteroatoms. The predicted molar refractivity (Wildman–Crippen MR) is 107 cm³/mol. The lowest BCUT2D eigenvalue weighted by Gasteiger charge is -2.18. The number of nitrogens with one attached hydrogen (secondary N) is 2. The van der Waals surface area contributed by atoms with Crippen molar-refractivity contribution in [3.8, 4) is 0 Å². The normalized spacial score (nSPS) is 15.1. The molecule has 0 spiro atoms. The molecular weight excluding hydrogens is 407 g/mol. The lowest BCUT2D eigenvalue weighted by Crippen LogP contribution is -2.41. The molecule has 0 aromatic rings. The third kappa shape index (κ3) is 11.7. The smallest absolute Gasteiger partial charge is 0.191 e. The van der Waals surface area contributed by atoms with Crippen LogP contribution in [0.25, 0.3) is 0 Å². The van der Waals surface area contributed by atoms with E-state index in [9.17, 15) is 0 Å². The molecule has 0 bridgehead atoms. The highest BCUT2D eigenvalue weighted by molar-refractivity contribution is 14.0. The maximum atomic E-state index is 5.31. The molecule has 0 radical (unpaired) electrons. The third-order valence-electron chi connectivity index (χ3n) is 3.69. The van der Waals surface area contributed by atoms with Crippen molar-refractivity contribution in [1.82, 2.24) is 15.5 Å². The van der Waals surface area contributed by atoms with Gasteiger partial charge in [0.1, 0.15) is 0 Å². The Morgan fingerprint density at radius 2 is 2.13 bits per heavy atom. The fourth-order valence-electron chi connectivity index (χ4n) is 2.31. The molecule has 6 nitrogen and oxygen atoms in total. The monoisotopic (exact) mass is 440 g/mol. The van der Waals surface area contributed by atoms with E-state index in [4.69, 9.17) is 9.47 Å². The van der Waals surface area contributed by atoms with Crippen LogP contribution < -0.4 is 10.6 Å². The lowest BCUT2D eigenvalue weighted by molar-refractivity contribution is 0.153. The van der Waals surface area contributed by atoms with Crippen molar-refractivity contribution in [1.29, 1.82) is 0 Å². The van der Waals surface area contributed by atoms with E-state index in [1.54, 1.807) is 7.11 Å². The van der Waals surface area contributed by atoms with Gasteiger partial charge in [0.15, 0.2) is 5.96 Å². The van der Waals surface area contributed by atoms with Crippen LogP contribution in [0.15, 0.2) is 16.6 Å². The summed E-state index contributed by atoms with van der Waals surface area (Å²) in [5, 5.41) is 6.71. The molecule has 23 heavy (non-hydrogen) atoms. The Hall–Kier alpha value is -0.380. The largest absolute Gasteiger partial charge is 0.385 e. The molecule has 0 fully saturated rings. The molecule has 0 saturated heterocycles. The Morgan fingerprint density at radius 3 is 2.78 bits per heavy atom. The zero-order valence-corrected chi connectivity index (χ0v) is 17.1. The number of hydrogen-bond donors (Lipinski definition) is 2. The first kappa shape index (κ1) is 22.6. The highest BCUT2D eigenvalue weighted by atomic mass is 127. The van der Waals surface area contributed by atoms with E-state index in [0.29, 0.717) is 0 Å². The fourth-order valence-corrected chi connectivity index (χ4v) is 2.31. The van der Waals surface area contributed by atoms with Gasteiger partial charge in [-0.3, -0.25) is 4.99 Å². The second-order valence-electron chi connectivity index (χ2n) is 5.51. The van der Waals surface area contributed by atoms with Crippen LogP contribution in [-0.2, 0) is 9.47 Å². The van der Waals surface area contributed by atoms with Crippen LogP contribution in [-0.4, -0.2) is 78.1 Å². The molecule has 0 saturated carbocycles. The Kier molecular flexibility index (Phi) is 14.9. The van der Waals surface area contributed by atoms with Crippen LogP contribution in [0.1, 0.15) is 19.3 Å². The molecule has 0 aliphatic carbocycles. The van der Waals surface area contributed by atoms with Gasteiger partial charge in [-0.05, 0) is 26.3 Å². The van der Waals surface area contributed by atoms with E-state index in [2.05, 4.69) is 33.6 Å². The Labute approximate surface area is 158 Å². The average molecular weight is 440 g/mol. The number of aliphatic imine (C=N–C) groups is 1. The van der Waals surface area contributed by atoms with Gasteiger partial charge in [0.2, 0.25) is 0 Å². The summed E-state index contributed by atoms with van der Waals surface area (Å²) in [7, 11) is 5.68. The van der Waals surface area contributed by atoms with Gasteiger partial charge >= 0.3 is 0 Å². The number of guanidine groups is 1. The summed E-state index contributed by atoms with van der Waals surface area (Å²) in [6.07, 6.45) is 5.37. The van der Waals surface area contributed by atoms with Gasteiger partial charge < -0.3 is 25.0 Å². The molecule has 1 rings (SSSR count). The highest BCUT2D eigenvalue weighted by Crippen LogP contribution is 2.10. The van der Waals surface area contributed by atoms with Crippen molar-refractivity contribution in [2.24, 2.45) is 4.99 Å². The van der Waals surface area contributed by atoms with E-state index in [-0.39, 0.29) is 24.0 Å². The van der Waals surface area contributed by atoms with E-state index in [0.717, 1.165) is 71.2 Å². The zero-order chi connectivity index (χ0) is 16.0. The van der Waals surface area contributed by atoms with E-state index in [1.165, 1.54) is 5.57 Å². The van der Waals surface area contributed by atoms with Crippen LogP contribution in [0.2, 0.25) is 0 Å². The van der Waals surface area contributed by atoms with Gasteiger partial charge in [-0.2, -0.15) is 0 Å². The van der Waals surface area contributed by atoms with Crippen LogP contribution in [0.5, 0.6) is 0 Å². The van der Waals surface area contributed by atoms with E-state index < -0.39 is 0 Å². The van der Waals surface area contributed by atoms with Crippen molar-refractivity contribution in [2.75, 3.05) is 67.2 Å². The number of hydrogen-bond acceptors (Lipinski definition) is 4. The number of rotatable bonds is 10. The summed E-state index contributed by atoms with van der Waals surface area (Å²) in [6.45, 7) is 6.29. The number of likely N-dealkylation sites (N-methyl/N-ethyl adjacent to an activating group) is 1. The Bertz CT molecular complexity index is 351. The van der Waals surface area contributed by atoms with Gasteiger partial charge in [-0.1, -0.05) is 11.6 Å². The second kappa shape index (κ2) is 15.2. The highest BCUT2D eigenvalue weighted by Gasteiger charge is 2.04. The summed E-state index contributed by atoms with van der Waals surface area (Å²) in [6, 6.07) is 0. The summed E-state index contributed by atoms with van der Waals surface area (Å²) in [5.74, 6) is 0.873.